The molecule has 1 amide bonds. The second-order valence-electron chi connectivity index (χ2n) is 5.40. The molecule has 5 heteroatoms. The normalized spacial score (nSPS) is 10.6. The molecule has 2 aromatic carbocycles. The Morgan fingerprint density at radius 2 is 1.79 bits per heavy atom. The summed E-state index contributed by atoms with van der Waals surface area (Å²) in [4.78, 5) is 14.4. The molecule has 0 N–H and O–H groups in total. The van der Waals surface area contributed by atoms with Crippen LogP contribution in [0.15, 0.2) is 66.9 Å². The minimum absolute atomic E-state index is 0.170. The molecule has 0 saturated heterocycles. The fourth-order valence-corrected chi connectivity index (χ4v) is 2.50. The molecule has 0 spiro atoms. The van der Waals surface area contributed by atoms with Crippen molar-refractivity contribution in [3.8, 4) is 5.69 Å². The Labute approximate surface area is 140 Å². The highest BCUT2D eigenvalue weighted by molar-refractivity contribution is 5.92. The summed E-state index contributed by atoms with van der Waals surface area (Å²) >= 11 is 0. The Kier molecular flexibility index (Phi) is 4.70. The van der Waals surface area contributed by atoms with E-state index < -0.39 is 0 Å². The number of hydrogen-bond acceptors (Lipinski definition) is 2. The molecule has 1 aromatic heterocycles. The highest BCUT2D eigenvalue weighted by Gasteiger charge is 2.18. The predicted octanol–water partition coefficient (Wildman–Crippen LogP) is 3.67. The van der Waals surface area contributed by atoms with Crippen molar-refractivity contribution in [3.63, 3.8) is 0 Å². The molecule has 0 aliphatic carbocycles. The summed E-state index contributed by atoms with van der Waals surface area (Å²) in [6.07, 6.45) is 1.60. The van der Waals surface area contributed by atoms with Gasteiger partial charge in [-0.25, -0.2) is 9.07 Å². The Bertz CT molecular complexity index is 829. The number of rotatable bonds is 5. The highest BCUT2D eigenvalue weighted by atomic mass is 19.1. The van der Waals surface area contributed by atoms with Crippen LogP contribution in [0.3, 0.4) is 0 Å². The largest absolute Gasteiger partial charge is 0.333 e. The van der Waals surface area contributed by atoms with Gasteiger partial charge >= 0.3 is 0 Å². The van der Waals surface area contributed by atoms with E-state index in [1.165, 1.54) is 10.7 Å². The molecule has 1 heterocycles. The topological polar surface area (TPSA) is 38.1 Å². The highest BCUT2D eigenvalue weighted by Crippen LogP contribution is 2.14. The van der Waals surface area contributed by atoms with Gasteiger partial charge < -0.3 is 4.90 Å². The molecule has 0 bridgehead atoms. The molecule has 0 aliphatic rings. The van der Waals surface area contributed by atoms with Gasteiger partial charge in [-0.15, -0.1) is 0 Å². The minimum atomic E-state index is -0.378. The summed E-state index contributed by atoms with van der Waals surface area (Å²) in [5, 5.41) is 4.24. The number of amides is 1. The van der Waals surface area contributed by atoms with Crippen LogP contribution in [0, 0.1) is 5.82 Å². The molecule has 3 aromatic rings. The molecule has 0 saturated carbocycles. The maximum Gasteiger partial charge on any atom is 0.274 e. The molecular formula is C19H18FN3O. The average molecular weight is 323 g/mol. The van der Waals surface area contributed by atoms with Gasteiger partial charge in [0.2, 0.25) is 0 Å². The van der Waals surface area contributed by atoms with Crippen molar-refractivity contribution >= 4 is 5.91 Å². The fourth-order valence-electron chi connectivity index (χ4n) is 2.50. The van der Waals surface area contributed by atoms with Crippen LogP contribution in [0.1, 0.15) is 23.0 Å². The lowest BCUT2D eigenvalue weighted by Gasteiger charge is -2.19. The van der Waals surface area contributed by atoms with E-state index in [9.17, 15) is 9.18 Å². The SMILES string of the molecule is CCN(Cc1ccccc1)C(=O)c1ccn(-c2ccccc2F)n1. The Hall–Kier alpha value is -2.95. The van der Waals surface area contributed by atoms with Crippen molar-refractivity contribution in [1.29, 1.82) is 0 Å². The second kappa shape index (κ2) is 7.08. The molecule has 122 valence electrons. The number of para-hydroxylation sites is 1. The van der Waals surface area contributed by atoms with Crippen molar-refractivity contribution < 1.29 is 9.18 Å². The molecule has 0 radical (unpaired) electrons. The maximum absolute atomic E-state index is 13.8. The van der Waals surface area contributed by atoms with Gasteiger partial charge in [-0.05, 0) is 30.7 Å². The van der Waals surface area contributed by atoms with E-state index in [1.807, 2.05) is 37.3 Å². The lowest BCUT2D eigenvalue weighted by atomic mass is 10.2. The third-order valence-corrected chi connectivity index (χ3v) is 3.79. The first-order valence-electron chi connectivity index (χ1n) is 7.83. The number of carbonyl (C=O) groups is 1. The first-order valence-corrected chi connectivity index (χ1v) is 7.83. The molecule has 0 fully saturated rings. The quantitative estimate of drug-likeness (QED) is 0.718. The lowest BCUT2D eigenvalue weighted by molar-refractivity contribution is 0.0746. The van der Waals surface area contributed by atoms with Gasteiger partial charge in [-0.3, -0.25) is 4.79 Å². The van der Waals surface area contributed by atoms with E-state index in [4.69, 9.17) is 0 Å². The zero-order chi connectivity index (χ0) is 16.9. The smallest absolute Gasteiger partial charge is 0.274 e. The van der Waals surface area contributed by atoms with Crippen molar-refractivity contribution in [1.82, 2.24) is 14.7 Å². The van der Waals surface area contributed by atoms with Gasteiger partial charge in [0.1, 0.15) is 11.5 Å². The summed E-state index contributed by atoms with van der Waals surface area (Å²) in [5.74, 6) is -0.548. The number of aromatic nitrogens is 2. The maximum atomic E-state index is 13.8. The second-order valence-corrected chi connectivity index (χ2v) is 5.40. The van der Waals surface area contributed by atoms with Gasteiger partial charge in [-0.2, -0.15) is 5.10 Å². The minimum Gasteiger partial charge on any atom is -0.333 e. The van der Waals surface area contributed by atoms with Gasteiger partial charge in [0.15, 0.2) is 5.69 Å². The number of benzene rings is 2. The van der Waals surface area contributed by atoms with Crippen LogP contribution in [0.2, 0.25) is 0 Å². The number of hydrogen-bond donors (Lipinski definition) is 0. The Morgan fingerprint density at radius 3 is 2.50 bits per heavy atom. The third-order valence-electron chi connectivity index (χ3n) is 3.79. The van der Waals surface area contributed by atoms with Gasteiger partial charge in [0.05, 0.1) is 0 Å². The molecule has 24 heavy (non-hydrogen) atoms. The van der Waals surface area contributed by atoms with Crippen LogP contribution in [-0.4, -0.2) is 27.1 Å². The Balaban J connectivity index is 1.81. The van der Waals surface area contributed by atoms with Crippen molar-refractivity contribution in [2.24, 2.45) is 0 Å². The van der Waals surface area contributed by atoms with Crippen molar-refractivity contribution in [3.05, 3.63) is 83.9 Å². The standard InChI is InChI=1S/C19H18FN3O/c1-2-22(14-15-8-4-3-5-9-15)19(24)17-12-13-23(21-17)18-11-7-6-10-16(18)20/h3-13H,2,14H2,1H3. The summed E-state index contributed by atoms with van der Waals surface area (Å²) in [5.41, 5.74) is 1.68. The molecule has 4 nitrogen and oxygen atoms in total. The van der Waals surface area contributed by atoms with Crippen LogP contribution in [0.4, 0.5) is 4.39 Å². The van der Waals surface area contributed by atoms with Crippen LogP contribution in [0.5, 0.6) is 0 Å². The molecule has 0 aliphatic heterocycles. The number of carbonyl (C=O) groups excluding carboxylic acids is 1. The van der Waals surface area contributed by atoms with E-state index in [0.29, 0.717) is 24.5 Å². The number of nitrogens with zero attached hydrogens (tertiary/aromatic N) is 3. The molecule has 0 unspecified atom stereocenters. The van der Waals surface area contributed by atoms with Crippen LogP contribution >= 0.6 is 0 Å². The van der Waals surface area contributed by atoms with E-state index in [-0.39, 0.29) is 11.7 Å². The third kappa shape index (κ3) is 3.35. The number of halogens is 1. The summed E-state index contributed by atoms with van der Waals surface area (Å²) in [6.45, 7) is 3.01. The zero-order valence-electron chi connectivity index (χ0n) is 13.4. The monoisotopic (exact) mass is 323 g/mol. The Morgan fingerprint density at radius 1 is 1.08 bits per heavy atom. The van der Waals surface area contributed by atoms with E-state index in [2.05, 4.69) is 5.10 Å². The van der Waals surface area contributed by atoms with Crippen LogP contribution in [-0.2, 0) is 6.54 Å². The lowest BCUT2D eigenvalue weighted by Crippen LogP contribution is -2.30. The van der Waals surface area contributed by atoms with Crippen LogP contribution in [0.25, 0.3) is 5.69 Å². The van der Waals surface area contributed by atoms with Gasteiger partial charge in [-0.1, -0.05) is 42.5 Å². The zero-order valence-corrected chi connectivity index (χ0v) is 13.4. The molecule has 0 atom stereocenters. The van der Waals surface area contributed by atoms with Gasteiger partial charge in [0, 0.05) is 19.3 Å². The van der Waals surface area contributed by atoms with Crippen LogP contribution < -0.4 is 0 Å². The fraction of sp³-hybridized carbons (Fsp3) is 0.158. The summed E-state index contributed by atoms with van der Waals surface area (Å²) in [6, 6.07) is 17.7. The molecular weight excluding hydrogens is 305 g/mol. The van der Waals surface area contributed by atoms with Gasteiger partial charge in [0.25, 0.3) is 5.91 Å². The van der Waals surface area contributed by atoms with E-state index >= 15 is 0 Å². The average Bonchev–Trinajstić information content (AvgIpc) is 3.10. The van der Waals surface area contributed by atoms with Crippen molar-refractivity contribution in [2.75, 3.05) is 6.54 Å². The van der Waals surface area contributed by atoms with Crippen molar-refractivity contribution in [2.45, 2.75) is 13.5 Å². The summed E-state index contributed by atoms with van der Waals surface area (Å²) in [7, 11) is 0. The first-order chi connectivity index (χ1) is 11.7. The summed E-state index contributed by atoms with van der Waals surface area (Å²) < 4.78 is 15.2. The molecule has 3 rings (SSSR count). The predicted molar refractivity (Wildman–Crippen MR) is 90.4 cm³/mol. The first kappa shape index (κ1) is 15.9. The van der Waals surface area contributed by atoms with E-state index in [0.717, 1.165) is 5.56 Å². The van der Waals surface area contributed by atoms with E-state index in [1.54, 1.807) is 35.4 Å².